The standard InChI is InChI=1S/C14H27NO17P2/c1-4(18)15-6-7(19)10(5(2-16)29-12(6)23)30-13-9(21)8(20)11(22)14(3-17,31-13)33(24,25)32-34(26,27)28/h5-13,16-17,19-23H,2-3H2,1H3,(H,15,18)(H,24,25)(H2,26,27,28)/t5-,6-,7-,8-,9-,10-,11-,12?,13-,14+/m1/s1. The second-order valence-corrected chi connectivity index (χ2v) is 11.0. The van der Waals surface area contributed by atoms with E-state index in [0.29, 0.717) is 0 Å². The van der Waals surface area contributed by atoms with Gasteiger partial charge in [0.2, 0.25) is 11.2 Å². The van der Waals surface area contributed by atoms with Crippen LogP contribution in [-0.2, 0) is 32.4 Å². The van der Waals surface area contributed by atoms with E-state index < -0.39 is 95.1 Å². The van der Waals surface area contributed by atoms with Gasteiger partial charge in [0.15, 0.2) is 12.6 Å². The van der Waals surface area contributed by atoms with Crippen LogP contribution < -0.4 is 5.32 Å². The van der Waals surface area contributed by atoms with Crippen molar-refractivity contribution in [2.75, 3.05) is 13.2 Å². The Morgan fingerprint density at radius 3 is 2.09 bits per heavy atom. The number of nitrogens with one attached hydrogen (secondary N) is 1. The Hall–Kier alpha value is -0.630. The highest BCUT2D eigenvalue weighted by Crippen LogP contribution is 2.67. The van der Waals surface area contributed by atoms with Gasteiger partial charge >= 0.3 is 15.4 Å². The molecule has 200 valence electrons. The molecule has 0 bridgehead atoms. The lowest BCUT2D eigenvalue weighted by Gasteiger charge is -2.50. The first-order valence-electron chi connectivity index (χ1n) is 9.49. The SMILES string of the molecule is CC(=O)N[C@H]1C(O)O[C@H](CO)[C@@H](O[C@@H]2O[C@@](CO)(P(=O)(O)OP(=O)(O)O)[C@H](O)[C@H](O)[C@H]2O)[C@@H]1O. The fourth-order valence-corrected chi connectivity index (χ4v) is 6.14. The second-order valence-electron chi connectivity index (χ2n) is 7.57. The van der Waals surface area contributed by atoms with Crippen LogP contribution >= 0.6 is 15.4 Å². The molecule has 11 N–H and O–H groups in total. The fourth-order valence-electron chi connectivity index (χ4n) is 3.53. The van der Waals surface area contributed by atoms with Crippen molar-refractivity contribution in [2.45, 2.75) is 67.5 Å². The average molecular weight is 543 g/mol. The molecule has 0 aromatic carbocycles. The lowest BCUT2D eigenvalue weighted by Crippen LogP contribution is -2.69. The number of aliphatic hydroxyl groups is 7. The Labute approximate surface area is 191 Å². The minimum atomic E-state index is -5.89. The van der Waals surface area contributed by atoms with Crippen LogP contribution in [0.1, 0.15) is 6.92 Å². The van der Waals surface area contributed by atoms with Gasteiger partial charge in [0, 0.05) is 6.92 Å². The number of ether oxygens (including phenoxy) is 3. The fraction of sp³-hybridized carbons (Fsp3) is 0.929. The largest absolute Gasteiger partial charge is 0.476 e. The van der Waals surface area contributed by atoms with Gasteiger partial charge in [0.05, 0.1) is 13.2 Å². The Balaban J connectivity index is 2.42. The van der Waals surface area contributed by atoms with Crippen LogP contribution in [0.15, 0.2) is 0 Å². The van der Waals surface area contributed by atoms with Gasteiger partial charge in [-0.15, -0.1) is 0 Å². The Morgan fingerprint density at radius 2 is 1.62 bits per heavy atom. The molecule has 2 unspecified atom stereocenters. The van der Waals surface area contributed by atoms with Crippen molar-refractivity contribution in [3.05, 3.63) is 0 Å². The summed E-state index contributed by atoms with van der Waals surface area (Å²) in [5, 5.41) is 69.2. The summed E-state index contributed by atoms with van der Waals surface area (Å²) in [6, 6.07) is -1.55. The normalized spacial score (nSPS) is 43.2. The molecule has 2 aliphatic heterocycles. The minimum Gasteiger partial charge on any atom is -0.394 e. The first-order valence-corrected chi connectivity index (χ1v) is 12.6. The number of hydrogen-bond acceptors (Lipinski definition) is 14. The Bertz CT molecular complexity index is 824. The first kappa shape index (κ1) is 29.6. The van der Waals surface area contributed by atoms with Crippen molar-refractivity contribution in [2.24, 2.45) is 0 Å². The molecular formula is C14H27NO17P2. The molecule has 0 aromatic heterocycles. The van der Waals surface area contributed by atoms with E-state index in [0.717, 1.165) is 6.92 Å². The maximum absolute atomic E-state index is 12.6. The van der Waals surface area contributed by atoms with Crippen molar-refractivity contribution in [3.63, 3.8) is 0 Å². The summed E-state index contributed by atoms with van der Waals surface area (Å²) in [5.41, 5.74) is 0. The molecule has 34 heavy (non-hydrogen) atoms. The summed E-state index contributed by atoms with van der Waals surface area (Å²) in [4.78, 5) is 39.3. The highest BCUT2D eigenvalue weighted by molar-refractivity contribution is 7.64. The molecule has 18 nitrogen and oxygen atoms in total. The van der Waals surface area contributed by atoms with Gasteiger partial charge in [-0.3, -0.25) is 9.36 Å². The molecule has 11 atom stereocenters. The van der Waals surface area contributed by atoms with Gasteiger partial charge in [0.25, 0.3) is 0 Å². The molecule has 20 heteroatoms. The van der Waals surface area contributed by atoms with E-state index >= 15 is 0 Å². The van der Waals surface area contributed by atoms with E-state index in [1.807, 2.05) is 0 Å². The average Bonchev–Trinajstić information content (AvgIpc) is 2.70. The number of amides is 1. The van der Waals surface area contributed by atoms with E-state index in [-0.39, 0.29) is 0 Å². The van der Waals surface area contributed by atoms with E-state index in [2.05, 4.69) is 9.63 Å². The van der Waals surface area contributed by atoms with E-state index in [1.54, 1.807) is 0 Å². The van der Waals surface area contributed by atoms with Crippen LogP contribution in [0.4, 0.5) is 0 Å². The van der Waals surface area contributed by atoms with Crippen molar-refractivity contribution in [1.29, 1.82) is 0 Å². The van der Waals surface area contributed by atoms with Crippen LogP contribution in [0.25, 0.3) is 0 Å². The topological polar surface area (TPSA) is 302 Å². The molecule has 1 amide bonds. The summed E-state index contributed by atoms with van der Waals surface area (Å²) < 4.78 is 42.8. The van der Waals surface area contributed by atoms with Gasteiger partial charge in [0.1, 0.15) is 42.7 Å². The van der Waals surface area contributed by atoms with Crippen molar-refractivity contribution < 1.29 is 82.9 Å². The molecule has 2 rings (SSSR count). The molecule has 0 saturated carbocycles. The number of carbonyl (C=O) groups is 1. The predicted octanol–water partition coefficient (Wildman–Crippen LogP) is -5.63. The van der Waals surface area contributed by atoms with E-state index in [9.17, 15) is 54.6 Å². The zero-order valence-electron chi connectivity index (χ0n) is 17.3. The summed E-state index contributed by atoms with van der Waals surface area (Å²) in [5.74, 6) is -0.726. The molecule has 0 radical (unpaired) electrons. The number of rotatable bonds is 8. The first-order chi connectivity index (χ1) is 15.5. The highest BCUT2D eigenvalue weighted by Gasteiger charge is 2.66. The smallest absolute Gasteiger partial charge is 0.394 e. The summed E-state index contributed by atoms with van der Waals surface area (Å²) in [6.45, 7) is -1.59. The van der Waals surface area contributed by atoms with Crippen LogP contribution in [0.3, 0.4) is 0 Å². The summed E-state index contributed by atoms with van der Waals surface area (Å²) >= 11 is 0. The molecule has 2 heterocycles. The zero-order chi connectivity index (χ0) is 26.2. The number of carbonyl (C=O) groups excluding carboxylic acids is 1. The summed E-state index contributed by atoms with van der Waals surface area (Å²) in [6.07, 6.45) is -16.8. The van der Waals surface area contributed by atoms with Gasteiger partial charge < -0.3 is 70.0 Å². The van der Waals surface area contributed by atoms with Crippen molar-refractivity contribution >= 4 is 21.3 Å². The Kier molecular flexibility index (Phi) is 9.38. The lowest BCUT2D eigenvalue weighted by molar-refractivity contribution is -0.355. The van der Waals surface area contributed by atoms with Gasteiger partial charge in [-0.05, 0) is 0 Å². The maximum atomic E-state index is 12.6. The molecule has 2 aliphatic rings. The number of phosphoric acid groups is 1. The zero-order valence-corrected chi connectivity index (χ0v) is 19.1. The second kappa shape index (κ2) is 10.8. The molecule has 0 spiro atoms. The monoisotopic (exact) mass is 543 g/mol. The van der Waals surface area contributed by atoms with Gasteiger partial charge in [-0.25, -0.2) is 8.88 Å². The van der Waals surface area contributed by atoms with Crippen molar-refractivity contribution in [1.82, 2.24) is 5.32 Å². The molecule has 2 saturated heterocycles. The number of aliphatic hydroxyl groups excluding tert-OH is 7. The number of hydrogen-bond donors (Lipinski definition) is 11. The third kappa shape index (κ3) is 5.84. The van der Waals surface area contributed by atoms with Crippen LogP contribution in [0.2, 0.25) is 0 Å². The lowest BCUT2D eigenvalue weighted by atomic mass is 9.95. The van der Waals surface area contributed by atoms with E-state index in [1.165, 1.54) is 0 Å². The summed E-state index contributed by atoms with van der Waals surface area (Å²) in [7, 11) is -11.6. The molecule has 0 aromatic rings. The molecular weight excluding hydrogens is 516 g/mol. The highest BCUT2D eigenvalue weighted by atomic mass is 31.3. The maximum Gasteiger partial charge on any atom is 0.476 e. The minimum absolute atomic E-state index is 0.726. The third-order valence-electron chi connectivity index (χ3n) is 5.19. The Morgan fingerprint density at radius 1 is 1.03 bits per heavy atom. The third-order valence-corrected chi connectivity index (χ3v) is 8.39. The molecule has 2 fully saturated rings. The van der Waals surface area contributed by atoms with Crippen LogP contribution in [0.5, 0.6) is 0 Å². The van der Waals surface area contributed by atoms with Gasteiger partial charge in [-0.2, -0.15) is 0 Å². The quantitative estimate of drug-likeness (QED) is 0.127. The van der Waals surface area contributed by atoms with Gasteiger partial charge in [-0.1, -0.05) is 0 Å². The predicted molar refractivity (Wildman–Crippen MR) is 102 cm³/mol. The van der Waals surface area contributed by atoms with E-state index in [4.69, 9.17) is 24.0 Å². The van der Waals surface area contributed by atoms with Crippen LogP contribution in [-0.4, -0.2) is 130 Å². The van der Waals surface area contributed by atoms with Crippen LogP contribution in [0, 0.1) is 0 Å². The molecule has 0 aliphatic carbocycles. The van der Waals surface area contributed by atoms with Crippen molar-refractivity contribution in [3.8, 4) is 0 Å².